The van der Waals surface area contributed by atoms with Gasteiger partial charge in [-0.05, 0) is 95.1 Å². The molecule has 1 saturated heterocycles. The van der Waals surface area contributed by atoms with E-state index in [1.807, 2.05) is 6.07 Å². The molecule has 1 aliphatic carbocycles. The first-order valence-corrected chi connectivity index (χ1v) is 15.2. The third-order valence-electron chi connectivity index (χ3n) is 9.46. The molecule has 0 bridgehead atoms. The van der Waals surface area contributed by atoms with Gasteiger partial charge < -0.3 is 4.90 Å². The lowest BCUT2D eigenvalue weighted by Crippen LogP contribution is -2.40. The van der Waals surface area contributed by atoms with Crippen LogP contribution in [-0.4, -0.2) is 17.6 Å². The first-order valence-electron chi connectivity index (χ1n) is 15.2. The van der Waals surface area contributed by atoms with Crippen molar-refractivity contribution in [2.45, 2.75) is 32.6 Å². The summed E-state index contributed by atoms with van der Waals surface area (Å²) in [6, 6.07) is 36.5. The van der Waals surface area contributed by atoms with Crippen LogP contribution in [0.1, 0.15) is 50.9 Å². The number of para-hydroxylation sites is 1. The lowest BCUT2D eigenvalue weighted by molar-refractivity contribution is -0.134. The molecule has 0 aromatic heterocycles. The molecule has 0 saturated carbocycles. The highest BCUT2D eigenvalue weighted by Crippen LogP contribution is 2.63. The molecule has 5 aromatic carbocycles. The van der Waals surface area contributed by atoms with Crippen molar-refractivity contribution >= 4 is 40.7 Å². The van der Waals surface area contributed by atoms with Crippen molar-refractivity contribution < 1.29 is 14.4 Å². The fourth-order valence-corrected chi connectivity index (χ4v) is 7.90. The number of carbonyl (C=O) groups excluding carboxylic acids is 3. The summed E-state index contributed by atoms with van der Waals surface area (Å²) in [6.07, 6.45) is 1.29. The van der Waals surface area contributed by atoms with Crippen LogP contribution in [-0.2, 0) is 19.8 Å². The second-order valence-electron chi connectivity index (χ2n) is 12.3. The first kappa shape index (κ1) is 27.0. The van der Waals surface area contributed by atoms with Gasteiger partial charge in [-0.2, -0.15) is 0 Å². The van der Waals surface area contributed by atoms with Gasteiger partial charge in [0.05, 0.1) is 34.5 Å². The van der Waals surface area contributed by atoms with Crippen LogP contribution >= 0.6 is 0 Å². The molecule has 0 unspecified atom stereocenters. The van der Waals surface area contributed by atoms with Crippen molar-refractivity contribution in [2.75, 3.05) is 4.90 Å². The molecule has 1 fully saturated rings. The fourth-order valence-electron chi connectivity index (χ4n) is 7.90. The van der Waals surface area contributed by atoms with E-state index in [0.717, 1.165) is 33.8 Å². The van der Waals surface area contributed by atoms with Gasteiger partial charge in [-0.3, -0.25) is 19.7 Å². The summed E-state index contributed by atoms with van der Waals surface area (Å²) in [7, 11) is 0. The van der Waals surface area contributed by atoms with Crippen molar-refractivity contribution in [1.29, 1.82) is 0 Å². The molecular formula is C40H30N2O3. The second kappa shape index (κ2) is 9.73. The SMILES string of the molecule is Cc1cc(C)c(N2c3ccccc3C3(c4ccccc4-c4ccccc43)c3cc(/C=C4\C(=O)CC(=O)NC4=O)ccc32)c(C)c1. The molecule has 45 heavy (non-hydrogen) atoms. The zero-order valence-electron chi connectivity index (χ0n) is 25.3. The van der Waals surface area contributed by atoms with E-state index in [-0.39, 0.29) is 12.0 Å². The van der Waals surface area contributed by atoms with Gasteiger partial charge in [0.15, 0.2) is 5.78 Å². The second-order valence-corrected chi connectivity index (χ2v) is 12.3. The lowest BCUT2D eigenvalue weighted by Gasteiger charge is -2.46. The number of imide groups is 1. The predicted octanol–water partition coefficient (Wildman–Crippen LogP) is 7.76. The highest BCUT2D eigenvalue weighted by Gasteiger charge is 2.51. The third-order valence-corrected chi connectivity index (χ3v) is 9.46. The van der Waals surface area contributed by atoms with Gasteiger partial charge in [0.2, 0.25) is 5.91 Å². The van der Waals surface area contributed by atoms with E-state index in [4.69, 9.17) is 0 Å². The molecule has 218 valence electrons. The summed E-state index contributed by atoms with van der Waals surface area (Å²) >= 11 is 0. The van der Waals surface area contributed by atoms with Gasteiger partial charge in [-0.25, -0.2) is 0 Å². The molecule has 2 aliphatic heterocycles. The van der Waals surface area contributed by atoms with Crippen molar-refractivity contribution in [3.63, 3.8) is 0 Å². The number of hydrogen-bond donors (Lipinski definition) is 1. The van der Waals surface area contributed by atoms with Crippen LogP contribution in [0.25, 0.3) is 17.2 Å². The van der Waals surface area contributed by atoms with Crippen LogP contribution in [0.2, 0.25) is 0 Å². The number of nitrogens with zero attached hydrogens (tertiary/aromatic N) is 1. The molecule has 8 rings (SSSR count). The summed E-state index contributed by atoms with van der Waals surface area (Å²) in [5.74, 6) is -1.69. The van der Waals surface area contributed by atoms with Gasteiger partial charge >= 0.3 is 0 Å². The number of benzene rings is 5. The molecule has 1 spiro atoms. The number of fused-ring (bicyclic) bond motifs is 9. The van der Waals surface area contributed by atoms with Crippen LogP contribution in [0.5, 0.6) is 0 Å². The van der Waals surface area contributed by atoms with Crippen LogP contribution in [0.3, 0.4) is 0 Å². The van der Waals surface area contributed by atoms with E-state index < -0.39 is 23.0 Å². The van der Waals surface area contributed by atoms with Crippen molar-refractivity contribution in [1.82, 2.24) is 5.32 Å². The van der Waals surface area contributed by atoms with Crippen LogP contribution in [0, 0.1) is 20.8 Å². The summed E-state index contributed by atoms with van der Waals surface area (Å²) in [4.78, 5) is 39.8. The minimum atomic E-state index is -0.655. The molecule has 0 radical (unpaired) electrons. The van der Waals surface area contributed by atoms with E-state index in [2.05, 4.69) is 128 Å². The number of aryl methyl sites for hydroxylation is 3. The Hall–Kier alpha value is -5.55. The Balaban J connectivity index is 1.49. The third kappa shape index (κ3) is 3.77. The van der Waals surface area contributed by atoms with Gasteiger partial charge in [-0.15, -0.1) is 0 Å². The standard InChI is InChI=1S/C40H30N2O3/c1-23-18-24(2)38(25(3)19-23)42-34-15-9-8-14-32(34)40(30-12-6-4-10-27(30)28-11-5-7-13-31(28)40)33-21-26(16-17-35(33)42)20-29-36(43)22-37(44)41-39(29)45/h4-21H,22H2,1-3H3,(H,41,44,45)/b29-20+. The lowest BCUT2D eigenvalue weighted by atomic mass is 9.64. The van der Waals surface area contributed by atoms with Crippen LogP contribution < -0.4 is 10.2 Å². The Morgan fingerprint density at radius 3 is 1.89 bits per heavy atom. The van der Waals surface area contributed by atoms with Gasteiger partial charge in [0.1, 0.15) is 0 Å². The van der Waals surface area contributed by atoms with E-state index in [1.54, 1.807) is 6.08 Å². The topological polar surface area (TPSA) is 66.5 Å². The van der Waals surface area contributed by atoms with Crippen molar-refractivity contribution in [2.24, 2.45) is 0 Å². The number of hydrogen-bond acceptors (Lipinski definition) is 4. The van der Waals surface area contributed by atoms with E-state index in [9.17, 15) is 14.4 Å². The highest BCUT2D eigenvalue weighted by molar-refractivity contribution is 6.32. The van der Waals surface area contributed by atoms with Gasteiger partial charge in [-0.1, -0.05) is 90.5 Å². The molecule has 2 heterocycles. The quantitative estimate of drug-likeness (QED) is 0.0973. The number of carbonyl (C=O) groups is 3. The Kier molecular flexibility index (Phi) is 5.84. The Labute approximate surface area is 261 Å². The smallest absolute Gasteiger partial charge is 0.261 e. The maximum absolute atomic E-state index is 12.8. The fraction of sp³-hybridized carbons (Fsp3) is 0.125. The van der Waals surface area contributed by atoms with Crippen LogP contribution in [0.15, 0.2) is 109 Å². The number of ketones is 1. The van der Waals surface area contributed by atoms with Crippen molar-refractivity contribution in [3.05, 3.63) is 153 Å². The molecule has 5 aromatic rings. The minimum absolute atomic E-state index is 0.00545. The molecule has 1 N–H and O–H groups in total. The summed E-state index contributed by atoms with van der Waals surface area (Å²) < 4.78 is 0. The predicted molar refractivity (Wildman–Crippen MR) is 177 cm³/mol. The van der Waals surface area contributed by atoms with Crippen LogP contribution in [0.4, 0.5) is 17.1 Å². The molecule has 5 nitrogen and oxygen atoms in total. The maximum Gasteiger partial charge on any atom is 0.261 e. The highest BCUT2D eigenvalue weighted by atomic mass is 16.2. The summed E-state index contributed by atoms with van der Waals surface area (Å²) in [6.45, 7) is 6.45. The monoisotopic (exact) mass is 586 g/mol. The molecule has 2 amide bonds. The normalized spacial score (nSPS) is 16.7. The number of nitrogens with one attached hydrogen (secondary N) is 1. The number of amides is 2. The molecular weight excluding hydrogens is 556 g/mol. The molecule has 3 aliphatic rings. The largest absolute Gasteiger partial charge is 0.309 e. The Morgan fingerprint density at radius 1 is 0.667 bits per heavy atom. The maximum atomic E-state index is 12.8. The van der Waals surface area contributed by atoms with E-state index in [1.165, 1.54) is 38.9 Å². The molecule has 0 atom stereocenters. The minimum Gasteiger partial charge on any atom is -0.309 e. The van der Waals surface area contributed by atoms with E-state index >= 15 is 0 Å². The first-order chi connectivity index (χ1) is 21.8. The average Bonchev–Trinajstić information content (AvgIpc) is 3.31. The van der Waals surface area contributed by atoms with E-state index in [0.29, 0.717) is 0 Å². The zero-order valence-corrected chi connectivity index (χ0v) is 25.3. The number of piperidine rings is 1. The number of Topliss-reactive ketones (excluding diaryl/α,β-unsaturated/α-hetero) is 1. The van der Waals surface area contributed by atoms with Crippen molar-refractivity contribution in [3.8, 4) is 11.1 Å². The summed E-state index contributed by atoms with van der Waals surface area (Å²) in [5, 5.41) is 2.30. The molecule has 5 heteroatoms. The summed E-state index contributed by atoms with van der Waals surface area (Å²) in [5.41, 5.74) is 13.9. The van der Waals surface area contributed by atoms with Gasteiger partial charge in [0.25, 0.3) is 5.91 Å². The number of rotatable bonds is 2. The number of anilines is 3. The van der Waals surface area contributed by atoms with Gasteiger partial charge in [0, 0.05) is 0 Å². The Morgan fingerprint density at radius 2 is 1.24 bits per heavy atom. The zero-order chi connectivity index (χ0) is 31.0. The average molecular weight is 587 g/mol. The Bertz CT molecular complexity index is 2080.